The van der Waals surface area contributed by atoms with Crippen molar-refractivity contribution >= 4 is 34.7 Å². The van der Waals surface area contributed by atoms with Gasteiger partial charge in [-0.05, 0) is 12.5 Å². The summed E-state index contributed by atoms with van der Waals surface area (Å²) in [5.41, 5.74) is 1.25. The van der Waals surface area contributed by atoms with Crippen LogP contribution in [0.2, 0.25) is 5.02 Å². The molecule has 0 amide bonds. The number of aromatic nitrogens is 1. The summed E-state index contributed by atoms with van der Waals surface area (Å²) in [5, 5.41) is 0.407. The standard InChI is InChI=1S/C15H17ClN2O4/c1-3-10-8-21-5-4-18(10)15-17-13-11(14(19)20-2)6-9(16)7-12(13)22-15/h6-7,10H,3-5,8H2,1-2H3/t10-/m0/s1. The molecule has 7 heteroatoms. The zero-order chi connectivity index (χ0) is 15.7. The van der Waals surface area contributed by atoms with Gasteiger partial charge < -0.3 is 18.8 Å². The summed E-state index contributed by atoms with van der Waals surface area (Å²) in [7, 11) is 1.32. The summed E-state index contributed by atoms with van der Waals surface area (Å²) >= 11 is 6.05. The van der Waals surface area contributed by atoms with Gasteiger partial charge in [-0.1, -0.05) is 18.5 Å². The predicted octanol–water partition coefficient (Wildman–Crippen LogP) is 2.88. The minimum absolute atomic E-state index is 0.207. The van der Waals surface area contributed by atoms with E-state index in [0.717, 1.165) is 6.42 Å². The molecule has 6 nitrogen and oxygen atoms in total. The Hall–Kier alpha value is -1.79. The van der Waals surface area contributed by atoms with Crippen molar-refractivity contribution in [3.63, 3.8) is 0 Å². The highest BCUT2D eigenvalue weighted by molar-refractivity contribution is 6.31. The number of methoxy groups -OCH3 is 1. The maximum absolute atomic E-state index is 11.9. The van der Waals surface area contributed by atoms with Gasteiger partial charge in [0, 0.05) is 17.6 Å². The molecule has 22 heavy (non-hydrogen) atoms. The van der Waals surface area contributed by atoms with Gasteiger partial charge in [-0.2, -0.15) is 4.98 Å². The highest BCUT2D eigenvalue weighted by Crippen LogP contribution is 2.30. The van der Waals surface area contributed by atoms with Crippen LogP contribution in [0.5, 0.6) is 0 Å². The van der Waals surface area contributed by atoms with E-state index in [1.807, 2.05) is 0 Å². The molecule has 0 radical (unpaired) electrons. The molecule has 1 aromatic heterocycles. The molecule has 1 atom stereocenters. The summed E-state index contributed by atoms with van der Waals surface area (Å²) in [6.07, 6.45) is 0.920. The summed E-state index contributed by atoms with van der Waals surface area (Å²) in [6, 6.07) is 3.89. The molecule has 0 unspecified atom stereocenters. The Morgan fingerprint density at radius 3 is 3.09 bits per heavy atom. The van der Waals surface area contributed by atoms with E-state index >= 15 is 0 Å². The fourth-order valence-electron chi connectivity index (χ4n) is 2.62. The third-order valence-electron chi connectivity index (χ3n) is 3.80. The van der Waals surface area contributed by atoms with E-state index in [1.165, 1.54) is 7.11 Å². The average Bonchev–Trinajstić information content (AvgIpc) is 2.96. The van der Waals surface area contributed by atoms with Crippen molar-refractivity contribution in [2.24, 2.45) is 0 Å². The number of halogens is 1. The quantitative estimate of drug-likeness (QED) is 0.809. The van der Waals surface area contributed by atoms with Gasteiger partial charge in [0.05, 0.1) is 31.9 Å². The number of carbonyl (C=O) groups excluding carboxylic acids is 1. The Labute approximate surface area is 132 Å². The average molecular weight is 325 g/mol. The van der Waals surface area contributed by atoms with Crippen LogP contribution in [-0.2, 0) is 9.47 Å². The smallest absolute Gasteiger partial charge is 0.340 e. The predicted molar refractivity (Wildman–Crippen MR) is 82.6 cm³/mol. The molecule has 0 saturated carbocycles. The van der Waals surface area contributed by atoms with Crippen molar-refractivity contribution in [1.82, 2.24) is 4.98 Å². The second-order valence-corrected chi connectivity index (χ2v) is 5.55. The highest BCUT2D eigenvalue weighted by atomic mass is 35.5. The first kappa shape index (κ1) is 15.1. The van der Waals surface area contributed by atoms with Gasteiger partial charge >= 0.3 is 5.97 Å². The van der Waals surface area contributed by atoms with Gasteiger partial charge in [0.15, 0.2) is 5.58 Å². The second kappa shape index (κ2) is 6.14. The summed E-state index contributed by atoms with van der Waals surface area (Å²) < 4.78 is 16.1. The molecule has 0 N–H and O–H groups in total. The van der Waals surface area contributed by atoms with Gasteiger partial charge in [0.1, 0.15) is 5.52 Å². The minimum atomic E-state index is -0.485. The van der Waals surface area contributed by atoms with Crippen LogP contribution in [-0.4, -0.2) is 43.9 Å². The fraction of sp³-hybridized carbons (Fsp3) is 0.467. The summed E-state index contributed by atoms with van der Waals surface area (Å²) in [6.45, 7) is 4.05. The van der Waals surface area contributed by atoms with Crippen molar-refractivity contribution in [2.75, 3.05) is 31.8 Å². The molecule has 1 saturated heterocycles. The number of anilines is 1. The van der Waals surface area contributed by atoms with Crippen molar-refractivity contribution in [3.05, 3.63) is 22.7 Å². The molecule has 2 aromatic rings. The molecule has 0 aliphatic carbocycles. The van der Waals surface area contributed by atoms with Crippen LogP contribution >= 0.6 is 11.6 Å². The maximum Gasteiger partial charge on any atom is 0.340 e. The third-order valence-corrected chi connectivity index (χ3v) is 4.02. The second-order valence-electron chi connectivity index (χ2n) is 5.12. The van der Waals surface area contributed by atoms with Crippen molar-refractivity contribution in [1.29, 1.82) is 0 Å². The molecular formula is C15H17ClN2O4. The Morgan fingerprint density at radius 2 is 2.36 bits per heavy atom. The van der Waals surface area contributed by atoms with Crippen LogP contribution in [0.1, 0.15) is 23.7 Å². The molecule has 0 bridgehead atoms. The van der Waals surface area contributed by atoms with Crippen molar-refractivity contribution in [2.45, 2.75) is 19.4 Å². The number of morpholine rings is 1. The fourth-order valence-corrected chi connectivity index (χ4v) is 2.83. The number of rotatable bonds is 3. The molecule has 118 valence electrons. The van der Waals surface area contributed by atoms with E-state index in [0.29, 0.717) is 47.5 Å². The van der Waals surface area contributed by atoms with Gasteiger partial charge in [-0.3, -0.25) is 0 Å². The summed E-state index contributed by atoms with van der Waals surface area (Å²) in [5.74, 6) is -0.485. The first-order valence-electron chi connectivity index (χ1n) is 7.16. The van der Waals surface area contributed by atoms with E-state index in [4.69, 9.17) is 25.5 Å². The number of carbonyl (C=O) groups is 1. The zero-order valence-electron chi connectivity index (χ0n) is 12.5. The highest BCUT2D eigenvalue weighted by Gasteiger charge is 2.27. The normalized spacial score (nSPS) is 18.7. The van der Waals surface area contributed by atoms with E-state index in [9.17, 15) is 4.79 Å². The van der Waals surface area contributed by atoms with Crippen LogP contribution < -0.4 is 4.90 Å². The van der Waals surface area contributed by atoms with Crippen LogP contribution in [0.4, 0.5) is 6.01 Å². The molecule has 1 aliphatic rings. The number of ether oxygens (including phenoxy) is 2. The van der Waals surface area contributed by atoms with Crippen molar-refractivity contribution in [3.8, 4) is 0 Å². The van der Waals surface area contributed by atoms with Crippen LogP contribution in [0.25, 0.3) is 11.1 Å². The van der Waals surface area contributed by atoms with Crippen LogP contribution in [0.3, 0.4) is 0 Å². The monoisotopic (exact) mass is 324 g/mol. The van der Waals surface area contributed by atoms with Crippen LogP contribution in [0.15, 0.2) is 16.5 Å². The largest absolute Gasteiger partial charge is 0.465 e. The van der Waals surface area contributed by atoms with Crippen LogP contribution in [0, 0.1) is 0 Å². The van der Waals surface area contributed by atoms with E-state index in [1.54, 1.807) is 12.1 Å². The number of nitrogens with zero attached hydrogens (tertiary/aromatic N) is 2. The molecule has 1 fully saturated rings. The first-order chi connectivity index (χ1) is 10.6. The SMILES string of the molecule is CC[C@H]1COCCN1c1nc2c(C(=O)OC)cc(Cl)cc2o1. The Balaban J connectivity index is 2.07. The molecule has 3 rings (SSSR count). The van der Waals surface area contributed by atoms with Crippen molar-refractivity contribution < 1.29 is 18.7 Å². The topological polar surface area (TPSA) is 64.8 Å². The maximum atomic E-state index is 11.9. The molecule has 2 heterocycles. The lowest BCUT2D eigenvalue weighted by molar-refractivity contribution is 0.0602. The number of esters is 1. The molecular weight excluding hydrogens is 308 g/mol. The number of fused-ring (bicyclic) bond motifs is 1. The van der Waals surface area contributed by atoms with Gasteiger partial charge in [-0.15, -0.1) is 0 Å². The minimum Gasteiger partial charge on any atom is -0.465 e. The van der Waals surface area contributed by atoms with E-state index in [2.05, 4.69) is 16.8 Å². The van der Waals surface area contributed by atoms with Gasteiger partial charge in [0.2, 0.25) is 0 Å². The lowest BCUT2D eigenvalue weighted by Gasteiger charge is -2.33. The zero-order valence-corrected chi connectivity index (χ0v) is 13.2. The number of hydrogen-bond donors (Lipinski definition) is 0. The van der Waals surface area contributed by atoms with Gasteiger partial charge in [-0.25, -0.2) is 4.79 Å². The van der Waals surface area contributed by atoms with E-state index in [-0.39, 0.29) is 6.04 Å². The Bertz CT molecular complexity index is 700. The lowest BCUT2D eigenvalue weighted by atomic mass is 10.2. The van der Waals surface area contributed by atoms with E-state index < -0.39 is 5.97 Å². The molecule has 0 spiro atoms. The lowest BCUT2D eigenvalue weighted by Crippen LogP contribution is -2.45. The first-order valence-corrected chi connectivity index (χ1v) is 7.54. The molecule has 1 aliphatic heterocycles. The number of oxazole rings is 1. The summed E-state index contributed by atoms with van der Waals surface area (Å²) in [4.78, 5) is 18.4. The van der Waals surface area contributed by atoms with Gasteiger partial charge in [0.25, 0.3) is 6.01 Å². The number of benzene rings is 1. The Kier molecular flexibility index (Phi) is 4.22. The Morgan fingerprint density at radius 1 is 1.55 bits per heavy atom. The number of hydrogen-bond acceptors (Lipinski definition) is 6. The molecule has 1 aromatic carbocycles. The third kappa shape index (κ3) is 2.64.